The Balaban J connectivity index is 2.16. The molecule has 2 rings (SSSR count). The molecule has 3 N–H and O–H groups in total. The van der Waals surface area contributed by atoms with Gasteiger partial charge in [0.25, 0.3) is 0 Å². The van der Waals surface area contributed by atoms with Crippen molar-refractivity contribution in [1.82, 2.24) is 9.97 Å². The number of rotatable bonds is 3. The molecule has 1 aliphatic carbocycles. The van der Waals surface area contributed by atoms with E-state index in [0.29, 0.717) is 17.8 Å². The molecule has 4 heteroatoms. The number of nitrogens with one attached hydrogen (secondary N) is 1. The van der Waals surface area contributed by atoms with Gasteiger partial charge in [0.15, 0.2) is 0 Å². The first-order valence-electron chi connectivity index (χ1n) is 5.94. The van der Waals surface area contributed by atoms with Gasteiger partial charge in [0.1, 0.15) is 18.0 Å². The molecule has 0 aliphatic heterocycles. The van der Waals surface area contributed by atoms with Gasteiger partial charge in [-0.25, -0.2) is 9.97 Å². The van der Waals surface area contributed by atoms with Crippen molar-refractivity contribution in [3.05, 3.63) is 11.9 Å². The summed E-state index contributed by atoms with van der Waals surface area (Å²) in [6.07, 6.45) is 3.98. The van der Waals surface area contributed by atoms with E-state index in [9.17, 15) is 0 Å². The normalized spacial score (nSPS) is 24.2. The van der Waals surface area contributed by atoms with Gasteiger partial charge in [0.2, 0.25) is 0 Å². The van der Waals surface area contributed by atoms with Crippen LogP contribution >= 0.6 is 0 Å². The average Bonchev–Trinajstić information content (AvgIpc) is 2.14. The Morgan fingerprint density at radius 3 is 2.62 bits per heavy atom. The molecular formula is C12H20N4. The smallest absolute Gasteiger partial charge is 0.135 e. The van der Waals surface area contributed by atoms with Crippen molar-refractivity contribution in [3.63, 3.8) is 0 Å². The van der Waals surface area contributed by atoms with Crippen molar-refractivity contribution in [2.45, 2.75) is 45.6 Å². The van der Waals surface area contributed by atoms with Gasteiger partial charge in [-0.3, -0.25) is 0 Å². The van der Waals surface area contributed by atoms with Crippen LogP contribution in [0.5, 0.6) is 0 Å². The van der Waals surface area contributed by atoms with Gasteiger partial charge in [-0.15, -0.1) is 0 Å². The van der Waals surface area contributed by atoms with Crippen molar-refractivity contribution in [3.8, 4) is 0 Å². The van der Waals surface area contributed by atoms with Crippen LogP contribution in [0.4, 0.5) is 11.6 Å². The summed E-state index contributed by atoms with van der Waals surface area (Å²) in [4.78, 5) is 8.36. The number of nitrogen functional groups attached to an aromatic ring is 1. The molecule has 1 aliphatic rings. The maximum Gasteiger partial charge on any atom is 0.135 e. The Labute approximate surface area is 96.7 Å². The van der Waals surface area contributed by atoms with E-state index >= 15 is 0 Å². The zero-order valence-corrected chi connectivity index (χ0v) is 10.2. The van der Waals surface area contributed by atoms with Gasteiger partial charge >= 0.3 is 0 Å². The maximum atomic E-state index is 5.89. The lowest BCUT2D eigenvalue weighted by Gasteiger charge is -2.34. The third kappa shape index (κ3) is 2.10. The molecule has 0 bridgehead atoms. The predicted molar refractivity (Wildman–Crippen MR) is 66.3 cm³/mol. The number of aromatic nitrogens is 2. The molecule has 0 aromatic carbocycles. The van der Waals surface area contributed by atoms with E-state index < -0.39 is 0 Å². The molecule has 16 heavy (non-hydrogen) atoms. The van der Waals surface area contributed by atoms with E-state index in [1.165, 1.54) is 19.2 Å². The third-order valence-electron chi connectivity index (χ3n) is 3.21. The van der Waals surface area contributed by atoms with E-state index in [4.69, 9.17) is 5.73 Å². The second kappa shape index (κ2) is 4.28. The lowest BCUT2D eigenvalue weighted by atomic mass is 9.82. The number of hydrogen-bond donors (Lipinski definition) is 2. The zero-order valence-electron chi connectivity index (χ0n) is 10.2. The molecule has 0 radical (unpaired) electrons. The summed E-state index contributed by atoms with van der Waals surface area (Å²) in [6, 6.07) is 0.557. The highest BCUT2D eigenvalue weighted by molar-refractivity contribution is 5.57. The van der Waals surface area contributed by atoms with Crippen LogP contribution in [0.1, 0.15) is 45.1 Å². The van der Waals surface area contributed by atoms with Crippen LogP contribution < -0.4 is 11.1 Å². The summed E-state index contributed by atoms with van der Waals surface area (Å²) < 4.78 is 0. The first kappa shape index (κ1) is 11.2. The molecule has 0 atom stereocenters. The summed E-state index contributed by atoms with van der Waals surface area (Å²) >= 11 is 0. The average molecular weight is 220 g/mol. The minimum atomic E-state index is 0.348. The summed E-state index contributed by atoms with van der Waals surface area (Å²) in [7, 11) is 0. The summed E-state index contributed by atoms with van der Waals surface area (Å²) in [5, 5.41) is 3.47. The highest BCUT2D eigenvalue weighted by Crippen LogP contribution is 2.32. The summed E-state index contributed by atoms with van der Waals surface area (Å²) in [5.74, 6) is 2.69. The maximum absolute atomic E-state index is 5.89. The molecule has 1 heterocycles. The minimum absolute atomic E-state index is 0.348. The van der Waals surface area contributed by atoms with Crippen LogP contribution in [0.25, 0.3) is 0 Å². The summed E-state index contributed by atoms with van der Waals surface area (Å²) in [5.41, 5.74) is 6.94. The van der Waals surface area contributed by atoms with E-state index in [2.05, 4.69) is 36.1 Å². The van der Waals surface area contributed by atoms with Crippen molar-refractivity contribution in [1.29, 1.82) is 0 Å². The molecule has 1 aromatic heterocycles. The molecule has 1 saturated carbocycles. The largest absolute Gasteiger partial charge is 0.383 e. The molecule has 0 saturated heterocycles. The number of anilines is 2. The molecule has 1 aromatic rings. The summed E-state index contributed by atoms with van der Waals surface area (Å²) in [6.45, 7) is 6.50. The Morgan fingerprint density at radius 1 is 1.38 bits per heavy atom. The van der Waals surface area contributed by atoms with Crippen molar-refractivity contribution < 1.29 is 0 Å². The predicted octanol–water partition coefficient (Wildman–Crippen LogP) is 2.39. The van der Waals surface area contributed by atoms with Crippen LogP contribution in [0.15, 0.2) is 6.33 Å². The molecule has 0 spiro atoms. The topological polar surface area (TPSA) is 63.8 Å². The van der Waals surface area contributed by atoms with E-state index in [-0.39, 0.29) is 0 Å². The second-order valence-electron chi connectivity index (χ2n) is 5.09. The fourth-order valence-corrected chi connectivity index (χ4v) is 2.31. The Hall–Kier alpha value is -1.32. The third-order valence-corrected chi connectivity index (χ3v) is 3.21. The molecule has 1 fully saturated rings. The Bertz CT molecular complexity index is 369. The molecule has 0 amide bonds. The Morgan fingerprint density at radius 2 is 2.06 bits per heavy atom. The van der Waals surface area contributed by atoms with Crippen molar-refractivity contribution in [2.24, 2.45) is 5.92 Å². The number of hydrogen-bond acceptors (Lipinski definition) is 4. The molecule has 0 unspecified atom stereocenters. The monoisotopic (exact) mass is 220 g/mol. The van der Waals surface area contributed by atoms with Crippen molar-refractivity contribution >= 4 is 11.6 Å². The molecule has 4 nitrogen and oxygen atoms in total. The van der Waals surface area contributed by atoms with Crippen molar-refractivity contribution in [2.75, 3.05) is 11.1 Å². The Kier molecular flexibility index (Phi) is 2.99. The number of nitrogens with zero attached hydrogens (tertiary/aromatic N) is 2. The van der Waals surface area contributed by atoms with E-state index in [1.807, 2.05) is 0 Å². The van der Waals surface area contributed by atoms with Crippen LogP contribution in [0.2, 0.25) is 0 Å². The van der Waals surface area contributed by atoms with Crippen LogP contribution in [0.3, 0.4) is 0 Å². The first-order chi connectivity index (χ1) is 7.58. The van der Waals surface area contributed by atoms with E-state index in [0.717, 1.165) is 17.3 Å². The van der Waals surface area contributed by atoms with Crippen LogP contribution in [-0.2, 0) is 0 Å². The van der Waals surface area contributed by atoms with Crippen LogP contribution in [0, 0.1) is 5.92 Å². The molecular weight excluding hydrogens is 200 g/mol. The van der Waals surface area contributed by atoms with Gasteiger partial charge < -0.3 is 11.1 Å². The van der Waals surface area contributed by atoms with Gasteiger partial charge in [-0.1, -0.05) is 20.8 Å². The van der Waals surface area contributed by atoms with Gasteiger partial charge in [0.05, 0.1) is 0 Å². The zero-order chi connectivity index (χ0) is 11.7. The second-order valence-corrected chi connectivity index (χ2v) is 5.09. The first-order valence-corrected chi connectivity index (χ1v) is 5.94. The SMILES string of the molecule is CC1CC(Nc2ncnc(N)c2C(C)C)C1. The fourth-order valence-electron chi connectivity index (χ4n) is 2.31. The number of nitrogens with two attached hydrogens (primary N) is 1. The fraction of sp³-hybridized carbons (Fsp3) is 0.667. The minimum Gasteiger partial charge on any atom is -0.383 e. The quantitative estimate of drug-likeness (QED) is 0.821. The van der Waals surface area contributed by atoms with Gasteiger partial charge in [-0.05, 0) is 24.7 Å². The highest BCUT2D eigenvalue weighted by atomic mass is 15.1. The van der Waals surface area contributed by atoms with Gasteiger partial charge in [0, 0.05) is 11.6 Å². The molecule has 88 valence electrons. The van der Waals surface area contributed by atoms with Gasteiger partial charge in [-0.2, -0.15) is 0 Å². The van der Waals surface area contributed by atoms with Crippen LogP contribution in [-0.4, -0.2) is 16.0 Å². The highest BCUT2D eigenvalue weighted by Gasteiger charge is 2.26. The lowest BCUT2D eigenvalue weighted by Crippen LogP contribution is -2.34. The van der Waals surface area contributed by atoms with E-state index in [1.54, 1.807) is 0 Å². The lowest BCUT2D eigenvalue weighted by molar-refractivity contribution is 0.308. The standard InChI is InChI=1S/C12H20N4/c1-7(2)10-11(13)14-6-15-12(10)16-9-4-8(3)5-9/h6-9H,4-5H2,1-3H3,(H3,13,14,15,16).